The van der Waals surface area contributed by atoms with Crippen LogP contribution in [0.5, 0.6) is 0 Å². The molecule has 2 amide bonds. The summed E-state index contributed by atoms with van der Waals surface area (Å²) < 4.78 is 13.1. The SMILES string of the molecule is CSC[C@H](CCO)NC(=O)Nc1ccc(F)c(C)c1. The standard InChI is InChI=1S/C13H19FN2O2S/c1-9-7-10(3-4-12(9)14)15-13(18)16-11(5-6-17)8-19-2/h3-4,7,11,17H,5-6,8H2,1-2H3,(H2,15,16,18)/t11-/m0/s1. The summed E-state index contributed by atoms with van der Waals surface area (Å²) in [5, 5.41) is 14.3. The predicted octanol–water partition coefficient (Wildman–Crippen LogP) is 2.37. The van der Waals surface area contributed by atoms with Crippen LogP contribution in [0.1, 0.15) is 12.0 Å². The molecule has 0 saturated carbocycles. The number of aliphatic hydroxyl groups excluding tert-OH is 1. The van der Waals surface area contributed by atoms with Gasteiger partial charge in [-0.3, -0.25) is 0 Å². The number of aliphatic hydroxyl groups is 1. The van der Waals surface area contributed by atoms with Gasteiger partial charge in [0.25, 0.3) is 0 Å². The number of thioether (sulfide) groups is 1. The van der Waals surface area contributed by atoms with Crippen LogP contribution >= 0.6 is 11.8 Å². The van der Waals surface area contributed by atoms with Gasteiger partial charge in [0.2, 0.25) is 0 Å². The van der Waals surface area contributed by atoms with E-state index in [1.54, 1.807) is 24.8 Å². The molecule has 0 fully saturated rings. The van der Waals surface area contributed by atoms with E-state index in [4.69, 9.17) is 5.11 Å². The maximum Gasteiger partial charge on any atom is 0.319 e. The fraction of sp³-hybridized carbons (Fsp3) is 0.462. The van der Waals surface area contributed by atoms with Gasteiger partial charge < -0.3 is 15.7 Å². The molecule has 0 heterocycles. The Hall–Kier alpha value is -1.27. The fourth-order valence-electron chi connectivity index (χ4n) is 1.63. The third-order valence-corrected chi connectivity index (χ3v) is 3.33. The molecule has 0 radical (unpaired) electrons. The molecule has 106 valence electrons. The minimum absolute atomic E-state index is 0.0289. The average Bonchev–Trinajstić information content (AvgIpc) is 2.34. The van der Waals surface area contributed by atoms with E-state index in [9.17, 15) is 9.18 Å². The summed E-state index contributed by atoms with van der Waals surface area (Å²) in [6.45, 7) is 1.67. The summed E-state index contributed by atoms with van der Waals surface area (Å²) in [6, 6.07) is 3.97. The van der Waals surface area contributed by atoms with Crippen molar-refractivity contribution in [1.82, 2.24) is 5.32 Å². The van der Waals surface area contributed by atoms with Crippen molar-refractivity contribution in [2.75, 3.05) is 23.9 Å². The average molecular weight is 286 g/mol. The smallest absolute Gasteiger partial charge is 0.319 e. The molecule has 0 aliphatic rings. The second-order valence-electron chi connectivity index (χ2n) is 4.23. The van der Waals surface area contributed by atoms with Crippen LogP contribution in [-0.4, -0.2) is 35.8 Å². The molecule has 6 heteroatoms. The predicted molar refractivity (Wildman–Crippen MR) is 77.2 cm³/mol. The number of anilines is 1. The van der Waals surface area contributed by atoms with Crippen molar-refractivity contribution in [3.63, 3.8) is 0 Å². The van der Waals surface area contributed by atoms with E-state index in [1.807, 2.05) is 6.26 Å². The Bertz CT molecular complexity index is 423. The van der Waals surface area contributed by atoms with Gasteiger partial charge in [0.1, 0.15) is 5.82 Å². The molecule has 0 bridgehead atoms. The molecule has 1 aromatic carbocycles. The van der Waals surface area contributed by atoms with E-state index in [0.29, 0.717) is 17.7 Å². The largest absolute Gasteiger partial charge is 0.396 e. The maximum absolute atomic E-state index is 13.1. The highest BCUT2D eigenvalue weighted by atomic mass is 32.2. The fourth-order valence-corrected chi connectivity index (χ4v) is 2.28. The number of hydrogen-bond acceptors (Lipinski definition) is 3. The molecular weight excluding hydrogens is 267 g/mol. The van der Waals surface area contributed by atoms with Crippen LogP contribution in [0.25, 0.3) is 0 Å². The molecule has 1 rings (SSSR count). The van der Waals surface area contributed by atoms with E-state index in [2.05, 4.69) is 10.6 Å². The van der Waals surface area contributed by atoms with Gasteiger partial charge in [0.15, 0.2) is 0 Å². The number of carbonyl (C=O) groups is 1. The monoisotopic (exact) mass is 286 g/mol. The Morgan fingerprint density at radius 1 is 1.53 bits per heavy atom. The lowest BCUT2D eigenvalue weighted by Crippen LogP contribution is -2.40. The van der Waals surface area contributed by atoms with Crippen LogP contribution in [0.2, 0.25) is 0 Å². The molecule has 19 heavy (non-hydrogen) atoms. The van der Waals surface area contributed by atoms with Gasteiger partial charge in [-0.1, -0.05) is 0 Å². The number of halogens is 1. The molecule has 0 saturated heterocycles. The second-order valence-corrected chi connectivity index (χ2v) is 5.14. The van der Waals surface area contributed by atoms with Gasteiger partial charge in [-0.25, -0.2) is 9.18 Å². The van der Waals surface area contributed by atoms with Crippen LogP contribution in [0.3, 0.4) is 0 Å². The summed E-state index contributed by atoms with van der Waals surface area (Å²) in [6.07, 6.45) is 2.45. The van der Waals surface area contributed by atoms with E-state index in [1.165, 1.54) is 12.1 Å². The lowest BCUT2D eigenvalue weighted by atomic mass is 10.2. The lowest BCUT2D eigenvalue weighted by Gasteiger charge is -2.17. The highest BCUT2D eigenvalue weighted by Crippen LogP contribution is 2.13. The zero-order chi connectivity index (χ0) is 14.3. The van der Waals surface area contributed by atoms with Crippen LogP contribution in [0.15, 0.2) is 18.2 Å². The summed E-state index contributed by atoms with van der Waals surface area (Å²) in [5.41, 5.74) is 1.03. The van der Waals surface area contributed by atoms with Gasteiger partial charge >= 0.3 is 6.03 Å². The zero-order valence-electron chi connectivity index (χ0n) is 11.1. The summed E-state index contributed by atoms with van der Waals surface area (Å²) in [7, 11) is 0. The molecule has 1 atom stereocenters. The zero-order valence-corrected chi connectivity index (χ0v) is 11.9. The Labute approximate surface area is 116 Å². The molecule has 0 spiro atoms. The van der Waals surface area contributed by atoms with E-state index >= 15 is 0 Å². The molecule has 0 aliphatic carbocycles. The van der Waals surface area contributed by atoms with Crippen molar-refractivity contribution in [3.05, 3.63) is 29.6 Å². The van der Waals surface area contributed by atoms with Gasteiger partial charge in [0.05, 0.1) is 0 Å². The number of rotatable bonds is 6. The number of benzene rings is 1. The van der Waals surface area contributed by atoms with Gasteiger partial charge in [-0.05, 0) is 43.4 Å². The van der Waals surface area contributed by atoms with Gasteiger partial charge in [-0.2, -0.15) is 11.8 Å². The maximum atomic E-state index is 13.1. The lowest BCUT2D eigenvalue weighted by molar-refractivity contribution is 0.241. The molecule has 4 nitrogen and oxygen atoms in total. The topological polar surface area (TPSA) is 61.4 Å². The van der Waals surface area contributed by atoms with Crippen molar-refractivity contribution in [2.45, 2.75) is 19.4 Å². The second kappa shape index (κ2) is 8.01. The minimum Gasteiger partial charge on any atom is -0.396 e. The van der Waals surface area contributed by atoms with Crippen molar-refractivity contribution < 1.29 is 14.3 Å². The van der Waals surface area contributed by atoms with Crippen molar-refractivity contribution >= 4 is 23.5 Å². The first-order chi connectivity index (χ1) is 9.06. The van der Waals surface area contributed by atoms with Crippen molar-refractivity contribution in [2.24, 2.45) is 0 Å². The number of amides is 2. The number of urea groups is 1. The normalized spacial score (nSPS) is 12.0. The van der Waals surface area contributed by atoms with E-state index in [-0.39, 0.29) is 24.5 Å². The Kier molecular flexibility index (Phi) is 6.66. The van der Waals surface area contributed by atoms with Crippen LogP contribution in [-0.2, 0) is 0 Å². The summed E-state index contributed by atoms with van der Waals surface area (Å²) in [5.74, 6) is 0.433. The molecule has 0 aromatic heterocycles. The van der Waals surface area contributed by atoms with E-state index in [0.717, 1.165) is 5.75 Å². The van der Waals surface area contributed by atoms with E-state index < -0.39 is 0 Å². The molecule has 0 aliphatic heterocycles. The number of nitrogens with one attached hydrogen (secondary N) is 2. The summed E-state index contributed by atoms with van der Waals surface area (Å²) in [4.78, 5) is 11.8. The number of hydrogen-bond donors (Lipinski definition) is 3. The Balaban J connectivity index is 2.55. The number of aryl methyl sites for hydroxylation is 1. The first kappa shape index (κ1) is 15.8. The molecule has 3 N–H and O–H groups in total. The minimum atomic E-state index is -0.349. The Morgan fingerprint density at radius 2 is 2.26 bits per heavy atom. The van der Waals surface area contributed by atoms with Gasteiger partial charge in [0, 0.05) is 24.1 Å². The first-order valence-corrected chi connectivity index (χ1v) is 7.39. The first-order valence-electron chi connectivity index (χ1n) is 6.00. The third-order valence-electron chi connectivity index (χ3n) is 2.60. The van der Waals surface area contributed by atoms with Crippen LogP contribution in [0.4, 0.5) is 14.9 Å². The van der Waals surface area contributed by atoms with Crippen molar-refractivity contribution in [3.8, 4) is 0 Å². The molecule has 1 aromatic rings. The number of carbonyl (C=O) groups excluding carboxylic acids is 1. The Morgan fingerprint density at radius 3 is 2.84 bits per heavy atom. The highest BCUT2D eigenvalue weighted by molar-refractivity contribution is 7.98. The molecule has 0 unspecified atom stereocenters. The molecular formula is C13H19FN2O2S. The highest BCUT2D eigenvalue weighted by Gasteiger charge is 2.11. The van der Waals surface area contributed by atoms with Crippen molar-refractivity contribution in [1.29, 1.82) is 0 Å². The quantitative estimate of drug-likeness (QED) is 0.752. The van der Waals surface area contributed by atoms with Crippen LogP contribution < -0.4 is 10.6 Å². The van der Waals surface area contributed by atoms with Gasteiger partial charge in [-0.15, -0.1) is 0 Å². The third kappa shape index (κ3) is 5.48. The van der Waals surface area contributed by atoms with Crippen LogP contribution in [0, 0.1) is 12.7 Å². The summed E-state index contributed by atoms with van der Waals surface area (Å²) >= 11 is 1.60.